The topological polar surface area (TPSA) is 93.5 Å². The summed E-state index contributed by atoms with van der Waals surface area (Å²) >= 11 is 7.30. The molecule has 7 nitrogen and oxygen atoms in total. The molecule has 0 spiro atoms. The molecule has 152 valence electrons. The zero-order chi connectivity index (χ0) is 20.6. The molecule has 0 aliphatic carbocycles. The first kappa shape index (κ1) is 20.9. The highest BCUT2D eigenvalue weighted by Crippen LogP contribution is 2.24. The number of carbonyl (C=O) groups excluding carboxylic acids is 2. The molecule has 0 unspecified atom stereocenters. The molecule has 9 heteroatoms. The molecule has 0 bridgehead atoms. The molecule has 2 amide bonds. The summed E-state index contributed by atoms with van der Waals surface area (Å²) in [6, 6.07) is 8.96. The minimum absolute atomic E-state index is 0.0659. The Balaban J connectivity index is 1.33. The van der Waals surface area contributed by atoms with Crippen LogP contribution < -0.4 is 15.6 Å². The second-order valence-corrected chi connectivity index (χ2v) is 7.55. The number of rotatable bonds is 8. The summed E-state index contributed by atoms with van der Waals surface area (Å²) in [5.41, 5.74) is 6.34. The number of carbonyl (C=O) groups is 2. The van der Waals surface area contributed by atoms with Gasteiger partial charge >= 0.3 is 0 Å². The summed E-state index contributed by atoms with van der Waals surface area (Å²) in [5.74, 6) is 0.762. The van der Waals surface area contributed by atoms with Crippen LogP contribution in [0.5, 0.6) is 5.75 Å². The number of benzene rings is 1. The SMILES string of the molecule is Cc1cc(Cl)ccc1OCCCC(=O)NNC(=O)Cc1csc(-c2ccco2)n1. The van der Waals surface area contributed by atoms with E-state index in [1.54, 1.807) is 35.9 Å². The van der Waals surface area contributed by atoms with Gasteiger partial charge in [-0.2, -0.15) is 0 Å². The third kappa shape index (κ3) is 6.33. The number of furan rings is 1. The Labute approximate surface area is 177 Å². The number of hydrogen-bond donors (Lipinski definition) is 2. The van der Waals surface area contributed by atoms with Crippen molar-refractivity contribution in [1.29, 1.82) is 0 Å². The van der Waals surface area contributed by atoms with Gasteiger partial charge in [0.05, 0.1) is 25.0 Å². The lowest BCUT2D eigenvalue weighted by molar-refractivity contribution is -0.128. The highest BCUT2D eigenvalue weighted by molar-refractivity contribution is 7.13. The van der Waals surface area contributed by atoms with E-state index in [1.165, 1.54) is 11.3 Å². The van der Waals surface area contributed by atoms with Crippen molar-refractivity contribution in [2.45, 2.75) is 26.2 Å². The lowest BCUT2D eigenvalue weighted by atomic mass is 10.2. The first-order valence-electron chi connectivity index (χ1n) is 8.96. The maximum absolute atomic E-state index is 12.0. The molecule has 2 aromatic heterocycles. The van der Waals surface area contributed by atoms with E-state index >= 15 is 0 Å². The summed E-state index contributed by atoms with van der Waals surface area (Å²) < 4.78 is 10.9. The molecule has 0 aliphatic rings. The predicted octanol–water partition coefficient (Wildman–Crippen LogP) is 3.91. The van der Waals surface area contributed by atoms with E-state index in [1.807, 2.05) is 13.0 Å². The van der Waals surface area contributed by atoms with Crippen molar-refractivity contribution >= 4 is 34.8 Å². The molecule has 0 saturated heterocycles. The molecular weight excluding hydrogens is 414 g/mol. The van der Waals surface area contributed by atoms with Crippen molar-refractivity contribution < 1.29 is 18.7 Å². The first-order valence-corrected chi connectivity index (χ1v) is 10.2. The van der Waals surface area contributed by atoms with Gasteiger partial charge in [-0.05, 0) is 49.2 Å². The number of nitrogens with zero attached hydrogens (tertiary/aromatic N) is 1. The van der Waals surface area contributed by atoms with E-state index in [9.17, 15) is 9.59 Å². The van der Waals surface area contributed by atoms with Crippen molar-refractivity contribution in [3.05, 3.63) is 58.3 Å². The monoisotopic (exact) mass is 433 g/mol. The van der Waals surface area contributed by atoms with Crippen LogP contribution in [-0.4, -0.2) is 23.4 Å². The molecule has 29 heavy (non-hydrogen) atoms. The standard InChI is InChI=1S/C20H20ClN3O4S/c1-13-10-14(21)6-7-16(13)27-9-3-5-18(25)23-24-19(26)11-15-12-29-20(22-15)17-4-2-8-28-17/h2,4,6-8,10,12H,3,5,9,11H2,1H3,(H,23,25)(H,24,26). The Bertz CT molecular complexity index is 972. The van der Waals surface area contributed by atoms with Crippen LogP contribution in [0.15, 0.2) is 46.4 Å². The molecule has 0 fully saturated rings. The van der Waals surface area contributed by atoms with Gasteiger partial charge in [-0.1, -0.05) is 11.6 Å². The number of aromatic nitrogens is 1. The molecule has 0 atom stereocenters. The van der Waals surface area contributed by atoms with Crippen LogP contribution in [0, 0.1) is 6.92 Å². The third-order valence-electron chi connectivity index (χ3n) is 3.91. The fourth-order valence-electron chi connectivity index (χ4n) is 2.50. The summed E-state index contributed by atoms with van der Waals surface area (Å²) in [7, 11) is 0. The number of hydrogen-bond acceptors (Lipinski definition) is 6. The van der Waals surface area contributed by atoms with Crippen LogP contribution >= 0.6 is 22.9 Å². The summed E-state index contributed by atoms with van der Waals surface area (Å²) in [5, 5.41) is 3.15. The molecule has 2 N–H and O–H groups in total. The van der Waals surface area contributed by atoms with E-state index in [4.69, 9.17) is 20.8 Å². The van der Waals surface area contributed by atoms with Crippen molar-refractivity contribution in [2.24, 2.45) is 0 Å². The minimum Gasteiger partial charge on any atom is -0.493 e. The average molecular weight is 434 g/mol. The van der Waals surface area contributed by atoms with Gasteiger partial charge in [0.1, 0.15) is 5.75 Å². The fourth-order valence-corrected chi connectivity index (χ4v) is 3.51. The van der Waals surface area contributed by atoms with E-state index < -0.39 is 0 Å². The minimum atomic E-state index is -0.345. The molecule has 3 rings (SSSR count). The third-order valence-corrected chi connectivity index (χ3v) is 5.05. The largest absolute Gasteiger partial charge is 0.493 e. The lowest BCUT2D eigenvalue weighted by Crippen LogP contribution is -2.42. The zero-order valence-electron chi connectivity index (χ0n) is 15.7. The Morgan fingerprint density at radius 3 is 2.83 bits per heavy atom. The maximum Gasteiger partial charge on any atom is 0.244 e. The molecule has 0 radical (unpaired) electrons. The van der Waals surface area contributed by atoms with Crippen molar-refractivity contribution in [3.63, 3.8) is 0 Å². The number of thiazole rings is 1. The fraction of sp³-hybridized carbons (Fsp3) is 0.250. The average Bonchev–Trinajstić information content (AvgIpc) is 3.36. The van der Waals surface area contributed by atoms with Crippen LogP contribution in [0.3, 0.4) is 0 Å². The smallest absolute Gasteiger partial charge is 0.244 e. The molecule has 3 aromatic rings. The van der Waals surface area contributed by atoms with Crippen LogP contribution in [0.4, 0.5) is 0 Å². The van der Waals surface area contributed by atoms with Crippen molar-refractivity contribution in [2.75, 3.05) is 6.61 Å². The lowest BCUT2D eigenvalue weighted by Gasteiger charge is -2.10. The van der Waals surface area contributed by atoms with Crippen LogP contribution in [0.2, 0.25) is 5.02 Å². The molecule has 1 aromatic carbocycles. The summed E-state index contributed by atoms with van der Waals surface area (Å²) in [6.07, 6.45) is 2.38. The molecule has 0 saturated carbocycles. The van der Waals surface area contributed by atoms with Crippen LogP contribution in [-0.2, 0) is 16.0 Å². The Hall–Kier alpha value is -2.84. The number of nitrogens with one attached hydrogen (secondary N) is 2. The van der Waals surface area contributed by atoms with Gasteiger partial charge in [0.25, 0.3) is 0 Å². The Morgan fingerprint density at radius 1 is 1.24 bits per heavy atom. The highest BCUT2D eigenvalue weighted by Gasteiger charge is 2.11. The van der Waals surface area contributed by atoms with Gasteiger partial charge in [-0.3, -0.25) is 20.4 Å². The highest BCUT2D eigenvalue weighted by atomic mass is 35.5. The Morgan fingerprint density at radius 2 is 2.07 bits per heavy atom. The van der Waals surface area contributed by atoms with Gasteiger partial charge < -0.3 is 9.15 Å². The van der Waals surface area contributed by atoms with E-state index in [-0.39, 0.29) is 24.7 Å². The van der Waals surface area contributed by atoms with Gasteiger partial charge in [-0.25, -0.2) is 4.98 Å². The summed E-state index contributed by atoms with van der Waals surface area (Å²) in [6.45, 7) is 2.29. The second-order valence-electron chi connectivity index (χ2n) is 6.26. The number of halogens is 1. The van der Waals surface area contributed by atoms with Crippen molar-refractivity contribution in [3.8, 4) is 16.5 Å². The number of hydrazine groups is 1. The van der Waals surface area contributed by atoms with Crippen LogP contribution in [0.25, 0.3) is 10.8 Å². The molecule has 0 aliphatic heterocycles. The number of ether oxygens (including phenoxy) is 1. The normalized spacial score (nSPS) is 10.6. The van der Waals surface area contributed by atoms with Crippen LogP contribution in [0.1, 0.15) is 24.1 Å². The van der Waals surface area contributed by atoms with Crippen molar-refractivity contribution in [1.82, 2.24) is 15.8 Å². The zero-order valence-corrected chi connectivity index (χ0v) is 17.3. The quantitative estimate of drug-likeness (QED) is 0.415. The van der Waals surface area contributed by atoms with Gasteiger partial charge in [0.15, 0.2) is 10.8 Å². The van der Waals surface area contributed by atoms with Gasteiger partial charge in [0.2, 0.25) is 11.8 Å². The number of amides is 2. The molecule has 2 heterocycles. The molecular formula is C20H20ClN3O4S. The Kier molecular flexibility index (Phi) is 7.26. The number of aryl methyl sites for hydroxylation is 1. The second kappa shape index (κ2) is 10.1. The van der Waals surface area contributed by atoms with Gasteiger partial charge in [0, 0.05) is 16.8 Å². The first-order chi connectivity index (χ1) is 14.0. The summed E-state index contributed by atoms with van der Waals surface area (Å²) in [4.78, 5) is 28.2. The maximum atomic E-state index is 12.0. The van der Waals surface area contributed by atoms with E-state index in [0.29, 0.717) is 34.5 Å². The predicted molar refractivity (Wildman–Crippen MR) is 111 cm³/mol. The van der Waals surface area contributed by atoms with E-state index in [2.05, 4.69) is 15.8 Å². The van der Waals surface area contributed by atoms with E-state index in [0.717, 1.165) is 11.3 Å². The van der Waals surface area contributed by atoms with Gasteiger partial charge in [-0.15, -0.1) is 11.3 Å².